The second-order valence-electron chi connectivity index (χ2n) is 6.05. The number of fused-ring (bicyclic) bond motifs is 1. The summed E-state index contributed by atoms with van der Waals surface area (Å²) >= 11 is 0. The monoisotopic (exact) mass is 336 g/mol. The van der Waals surface area contributed by atoms with Crippen LogP contribution in [0.2, 0.25) is 0 Å². The zero-order chi connectivity index (χ0) is 17.8. The van der Waals surface area contributed by atoms with Gasteiger partial charge < -0.3 is 4.90 Å². The summed E-state index contributed by atoms with van der Waals surface area (Å²) < 4.78 is 0. The number of rotatable bonds is 6. The Morgan fingerprint density at radius 1 is 1.12 bits per heavy atom. The van der Waals surface area contributed by atoms with Gasteiger partial charge in [0.2, 0.25) is 0 Å². The van der Waals surface area contributed by atoms with Crippen molar-refractivity contribution in [3.05, 3.63) is 75.8 Å². The maximum atomic E-state index is 12.7. The molecule has 128 valence electrons. The van der Waals surface area contributed by atoms with E-state index >= 15 is 0 Å². The first kappa shape index (κ1) is 16.9. The molecule has 1 heterocycles. The van der Waals surface area contributed by atoms with E-state index in [1.165, 1.54) is 12.1 Å². The first-order valence-electron chi connectivity index (χ1n) is 8.46. The molecule has 0 atom stereocenters. The number of nitro benzene ring substituents is 1. The molecule has 0 aliphatic carbocycles. The molecule has 5 nitrogen and oxygen atoms in total. The Bertz CT molecular complexity index is 825. The van der Waals surface area contributed by atoms with Crippen LogP contribution in [0.5, 0.6) is 0 Å². The Labute approximate surface area is 146 Å². The fraction of sp³-hybridized carbons (Fsp3) is 0.250. The standard InChI is InChI=1S/C20H20N2O3/c1-2-14-21-19-9-4-3-7-17(19)18(20(21)23)8-5-6-15-10-12-16(13-11-15)22(24)25/h3-4,7-13H,2,5-6,14H2,1H3/b18-8+. The third kappa shape index (κ3) is 3.45. The minimum atomic E-state index is -0.401. The topological polar surface area (TPSA) is 63.5 Å². The number of anilines is 1. The second-order valence-corrected chi connectivity index (χ2v) is 6.05. The lowest BCUT2D eigenvalue weighted by atomic mass is 10.0. The third-order valence-electron chi connectivity index (χ3n) is 4.34. The lowest BCUT2D eigenvalue weighted by molar-refractivity contribution is -0.384. The molecule has 0 fully saturated rings. The summed E-state index contributed by atoms with van der Waals surface area (Å²) in [7, 11) is 0. The molecule has 3 rings (SSSR count). The number of non-ortho nitro benzene ring substituents is 1. The Morgan fingerprint density at radius 3 is 2.52 bits per heavy atom. The molecule has 0 saturated carbocycles. The molecule has 5 heteroatoms. The molecule has 1 amide bonds. The molecule has 0 radical (unpaired) electrons. The summed E-state index contributed by atoms with van der Waals surface area (Å²) in [5.41, 5.74) is 3.84. The molecular formula is C20H20N2O3. The highest BCUT2D eigenvalue weighted by Crippen LogP contribution is 2.36. The number of carbonyl (C=O) groups is 1. The van der Waals surface area contributed by atoms with Gasteiger partial charge in [0.15, 0.2) is 0 Å². The van der Waals surface area contributed by atoms with Gasteiger partial charge in [-0.2, -0.15) is 0 Å². The van der Waals surface area contributed by atoms with Gasteiger partial charge in [-0.3, -0.25) is 14.9 Å². The van der Waals surface area contributed by atoms with Crippen LogP contribution in [0.3, 0.4) is 0 Å². The zero-order valence-electron chi connectivity index (χ0n) is 14.1. The SMILES string of the molecule is CCCN1C(=O)/C(=C/CCc2ccc([N+](=O)[O-])cc2)c2ccccc21. The molecule has 0 saturated heterocycles. The van der Waals surface area contributed by atoms with Gasteiger partial charge in [-0.15, -0.1) is 0 Å². The Hall–Kier alpha value is -2.95. The van der Waals surface area contributed by atoms with E-state index in [1.807, 2.05) is 35.2 Å². The fourth-order valence-electron chi connectivity index (χ4n) is 3.12. The number of nitro groups is 1. The predicted molar refractivity (Wildman–Crippen MR) is 98.5 cm³/mol. The van der Waals surface area contributed by atoms with E-state index in [9.17, 15) is 14.9 Å². The highest BCUT2D eigenvalue weighted by Gasteiger charge is 2.30. The average molecular weight is 336 g/mol. The van der Waals surface area contributed by atoms with Crippen molar-refractivity contribution in [3.63, 3.8) is 0 Å². The fourth-order valence-corrected chi connectivity index (χ4v) is 3.12. The molecule has 2 aromatic rings. The summed E-state index contributed by atoms with van der Waals surface area (Å²) in [6, 6.07) is 14.4. The Morgan fingerprint density at radius 2 is 1.84 bits per heavy atom. The minimum Gasteiger partial charge on any atom is -0.308 e. The van der Waals surface area contributed by atoms with Crippen LogP contribution in [0.15, 0.2) is 54.6 Å². The van der Waals surface area contributed by atoms with Gasteiger partial charge in [0, 0.05) is 29.8 Å². The highest BCUT2D eigenvalue weighted by molar-refractivity contribution is 6.32. The predicted octanol–water partition coefficient (Wildman–Crippen LogP) is 4.37. The van der Waals surface area contributed by atoms with Crippen LogP contribution >= 0.6 is 0 Å². The van der Waals surface area contributed by atoms with E-state index in [0.717, 1.165) is 41.8 Å². The van der Waals surface area contributed by atoms with E-state index in [0.29, 0.717) is 6.42 Å². The molecule has 25 heavy (non-hydrogen) atoms. The molecule has 0 bridgehead atoms. The van der Waals surface area contributed by atoms with Crippen LogP contribution in [-0.4, -0.2) is 17.4 Å². The van der Waals surface area contributed by atoms with Crippen molar-refractivity contribution in [3.8, 4) is 0 Å². The van der Waals surface area contributed by atoms with Crippen molar-refractivity contribution < 1.29 is 9.72 Å². The Kier molecular flexibility index (Phi) is 4.93. The molecule has 1 aliphatic rings. The number of hydrogen-bond donors (Lipinski definition) is 0. The van der Waals surface area contributed by atoms with E-state index < -0.39 is 4.92 Å². The maximum absolute atomic E-state index is 12.7. The minimum absolute atomic E-state index is 0.0618. The van der Waals surface area contributed by atoms with Gasteiger partial charge in [-0.05, 0) is 30.9 Å². The second kappa shape index (κ2) is 7.30. The van der Waals surface area contributed by atoms with Crippen LogP contribution in [0.1, 0.15) is 30.9 Å². The van der Waals surface area contributed by atoms with Crippen LogP contribution < -0.4 is 4.90 Å². The maximum Gasteiger partial charge on any atom is 0.269 e. The van der Waals surface area contributed by atoms with Gasteiger partial charge in [0.1, 0.15) is 0 Å². The molecule has 0 spiro atoms. The van der Waals surface area contributed by atoms with Crippen LogP contribution in [0, 0.1) is 10.1 Å². The van der Waals surface area contributed by atoms with Crippen molar-refractivity contribution in [1.82, 2.24) is 0 Å². The Balaban J connectivity index is 1.75. The summed E-state index contributed by atoms with van der Waals surface area (Å²) in [5.74, 6) is 0.0618. The largest absolute Gasteiger partial charge is 0.308 e. The van der Waals surface area contributed by atoms with E-state index in [2.05, 4.69) is 6.92 Å². The summed E-state index contributed by atoms with van der Waals surface area (Å²) in [5, 5.41) is 10.7. The van der Waals surface area contributed by atoms with E-state index in [4.69, 9.17) is 0 Å². The first-order valence-corrected chi connectivity index (χ1v) is 8.46. The molecule has 2 aromatic carbocycles. The van der Waals surface area contributed by atoms with Crippen molar-refractivity contribution >= 4 is 22.9 Å². The molecular weight excluding hydrogens is 316 g/mol. The quantitative estimate of drug-likeness (QED) is 0.447. The van der Waals surface area contributed by atoms with E-state index in [-0.39, 0.29) is 11.6 Å². The number of hydrogen-bond acceptors (Lipinski definition) is 3. The van der Waals surface area contributed by atoms with Crippen LogP contribution in [0.25, 0.3) is 5.57 Å². The number of carbonyl (C=O) groups excluding carboxylic acids is 1. The van der Waals surface area contributed by atoms with Crippen LogP contribution in [-0.2, 0) is 11.2 Å². The number of para-hydroxylation sites is 1. The van der Waals surface area contributed by atoms with Crippen molar-refractivity contribution in [1.29, 1.82) is 0 Å². The van der Waals surface area contributed by atoms with Crippen molar-refractivity contribution in [2.24, 2.45) is 0 Å². The number of amides is 1. The molecule has 0 unspecified atom stereocenters. The molecule has 0 N–H and O–H groups in total. The van der Waals surface area contributed by atoms with Crippen molar-refractivity contribution in [2.75, 3.05) is 11.4 Å². The smallest absolute Gasteiger partial charge is 0.269 e. The summed E-state index contributed by atoms with van der Waals surface area (Å²) in [4.78, 5) is 24.8. The van der Waals surface area contributed by atoms with Gasteiger partial charge in [0.25, 0.3) is 11.6 Å². The summed E-state index contributed by atoms with van der Waals surface area (Å²) in [6.07, 6.45) is 4.35. The zero-order valence-corrected chi connectivity index (χ0v) is 14.1. The van der Waals surface area contributed by atoms with Gasteiger partial charge in [-0.1, -0.05) is 43.3 Å². The van der Waals surface area contributed by atoms with Gasteiger partial charge >= 0.3 is 0 Å². The lowest BCUT2D eigenvalue weighted by Gasteiger charge is -2.15. The van der Waals surface area contributed by atoms with Crippen molar-refractivity contribution in [2.45, 2.75) is 26.2 Å². The number of allylic oxidation sites excluding steroid dienone is 1. The van der Waals surface area contributed by atoms with Gasteiger partial charge in [0.05, 0.1) is 10.6 Å². The third-order valence-corrected chi connectivity index (χ3v) is 4.34. The highest BCUT2D eigenvalue weighted by atomic mass is 16.6. The van der Waals surface area contributed by atoms with E-state index in [1.54, 1.807) is 12.1 Å². The number of aryl methyl sites for hydroxylation is 1. The number of benzene rings is 2. The normalized spacial score (nSPS) is 14.8. The summed E-state index contributed by atoms with van der Waals surface area (Å²) in [6.45, 7) is 2.78. The average Bonchev–Trinajstić information content (AvgIpc) is 2.88. The first-order chi connectivity index (χ1) is 12.1. The lowest BCUT2D eigenvalue weighted by Crippen LogP contribution is -2.26. The van der Waals surface area contributed by atoms with Crippen LogP contribution in [0.4, 0.5) is 11.4 Å². The molecule has 0 aromatic heterocycles. The molecule has 1 aliphatic heterocycles. The number of nitrogens with zero attached hydrogens (tertiary/aromatic N) is 2. The van der Waals surface area contributed by atoms with Gasteiger partial charge in [-0.25, -0.2) is 0 Å².